The van der Waals surface area contributed by atoms with Gasteiger partial charge in [0, 0.05) is 24.4 Å². The van der Waals surface area contributed by atoms with Crippen molar-refractivity contribution in [1.29, 1.82) is 0 Å². The van der Waals surface area contributed by atoms with E-state index in [1.807, 2.05) is 6.92 Å². The van der Waals surface area contributed by atoms with Crippen LogP contribution in [0.25, 0.3) is 11.1 Å². The SMILES string of the molecule is CCCn1cc(NC(=O)c2ccc3[nH]c(=S)oc3c2)ccc1=O. The molecule has 23 heavy (non-hydrogen) atoms. The summed E-state index contributed by atoms with van der Waals surface area (Å²) >= 11 is 4.92. The van der Waals surface area contributed by atoms with Crippen LogP contribution >= 0.6 is 12.2 Å². The largest absolute Gasteiger partial charge is 0.429 e. The van der Waals surface area contributed by atoms with Crippen molar-refractivity contribution < 1.29 is 9.21 Å². The molecule has 0 saturated carbocycles. The fourth-order valence-corrected chi connectivity index (χ4v) is 2.51. The lowest BCUT2D eigenvalue weighted by atomic mass is 10.2. The summed E-state index contributed by atoms with van der Waals surface area (Å²) in [4.78, 5) is 27.2. The third-order valence-corrected chi connectivity index (χ3v) is 3.57. The highest BCUT2D eigenvalue weighted by Gasteiger charge is 2.09. The highest BCUT2D eigenvalue weighted by atomic mass is 32.1. The summed E-state index contributed by atoms with van der Waals surface area (Å²) in [6.07, 6.45) is 2.48. The fraction of sp³-hybridized carbons (Fsp3) is 0.188. The van der Waals surface area contributed by atoms with Crippen LogP contribution in [0.3, 0.4) is 0 Å². The standard InChI is InChI=1S/C16H15N3O3S/c1-2-7-19-9-11(4-6-14(19)20)17-15(21)10-3-5-12-13(8-10)22-16(23)18-12/h3-6,8-9H,2,7H2,1H3,(H,17,21)(H,18,23). The minimum atomic E-state index is -0.282. The van der Waals surface area contributed by atoms with Crippen molar-refractivity contribution in [2.24, 2.45) is 0 Å². The highest BCUT2D eigenvalue weighted by Crippen LogP contribution is 2.16. The van der Waals surface area contributed by atoms with Gasteiger partial charge in [-0.2, -0.15) is 0 Å². The van der Waals surface area contributed by atoms with Gasteiger partial charge in [-0.05, 0) is 42.9 Å². The maximum absolute atomic E-state index is 12.3. The van der Waals surface area contributed by atoms with Crippen molar-refractivity contribution in [3.05, 3.63) is 57.3 Å². The van der Waals surface area contributed by atoms with E-state index in [0.29, 0.717) is 23.4 Å². The fourth-order valence-electron chi connectivity index (χ4n) is 2.31. The Morgan fingerprint density at radius 1 is 1.35 bits per heavy atom. The van der Waals surface area contributed by atoms with Gasteiger partial charge in [0.15, 0.2) is 5.58 Å². The average molecular weight is 329 g/mol. The van der Waals surface area contributed by atoms with E-state index in [9.17, 15) is 9.59 Å². The third-order valence-electron chi connectivity index (χ3n) is 3.39. The number of aromatic amines is 1. The number of aryl methyl sites for hydroxylation is 1. The summed E-state index contributed by atoms with van der Waals surface area (Å²) in [5, 5.41) is 2.78. The summed E-state index contributed by atoms with van der Waals surface area (Å²) in [5.41, 5.74) is 2.19. The molecule has 2 N–H and O–H groups in total. The average Bonchev–Trinajstić information content (AvgIpc) is 2.90. The molecule has 0 aliphatic carbocycles. The lowest BCUT2D eigenvalue weighted by Crippen LogP contribution is -2.20. The Morgan fingerprint density at radius 3 is 2.96 bits per heavy atom. The van der Waals surface area contributed by atoms with Gasteiger partial charge in [-0.15, -0.1) is 0 Å². The molecule has 0 radical (unpaired) electrons. The quantitative estimate of drug-likeness (QED) is 0.720. The second-order valence-corrected chi connectivity index (χ2v) is 5.50. The van der Waals surface area contributed by atoms with Gasteiger partial charge < -0.3 is 19.3 Å². The zero-order chi connectivity index (χ0) is 16.4. The first kappa shape index (κ1) is 15.2. The summed E-state index contributed by atoms with van der Waals surface area (Å²) in [7, 11) is 0. The Hall–Kier alpha value is -2.67. The Bertz CT molecular complexity index is 984. The number of oxazole rings is 1. The molecule has 2 aromatic heterocycles. The second-order valence-electron chi connectivity index (χ2n) is 5.13. The number of nitrogens with one attached hydrogen (secondary N) is 2. The zero-order valence-corrected chi connectivity index (χ0v) is 13.3. The molecule has 0 aliphatic rings. The van der Waals surface area contributed by atoms with Gasteiger partial charge in [0.25, 0.3) is 16.3 Å². The third kappa shape index (κ3) is 3.24. The van der Waals surface area contributed by atoms with Gasteiger partial charge in [0.1, 0.15) is 0 Å². The minimum absolute atomic E-state index is 0.0876. The summed E-state index contributed by atoms with van der Waals surface area (Å²) in [6.45, 7) is 2.60. The zero-order valence-electron chi connectivity index (χ0n) is 12.5. The highest BCUT2D eigenvalue weighted by molar-refractivity contribution is 7.71. The van der Waals surface area contributed by atoms with E-state index in [0.717, 1.165) is 11.9 Å². The van der Waals surface area contributed by atoms with Crippen molar-refractivity contribution in [3.63, 3.8) is 0 Å². The van der Waals surface area contributed by atoms with Crippen LogP contribution in [-0.2, 0) is 6.54 Å². The number of fused-ring (bicyclic) bond motifs is 1. The number of carbonyl (C=O) groups is 1. The van der Waals surface area contributed by atoms with Crippen LogP contribution in [0.2, 0.25) is 0 Å². The van der Waals surface area contributed by atoms with E-state index in [2.05, 4.69) is 10.3 Å². The van der Waals surface area contributed by atoms with Crippen LogP contribution in [0, 0.1) is 4.84 Å². The Labute approximate surface area is 136 Å². The van der Waals surface area contributed by atoms with Crippen molar-refractivity contribution in [2.45, 2.75) is 19.9 Å². The summed E-state index contributed by atoms with van der Waals surface area (Å²) < 4.78 is 6.88. The predicted octanol–water partition coefficient (Wildman–Crippen LogP) is 3.31. The van der Waals surface area contributed by atoms with Crippen LogP contribution in [0.5, 0.6) is 0 Å². The van der Waals surface area contributed by atoms with E-state index in [1.54, 1.807) is 35.0 Å². The van der Waals surface area contributed by atoms with E-state index < -0.39 is 0 Å². The molecular weight excluding hydrogens is 314 g/mol. The minimum Gasteiger partial charge on any atom is -0.429 e. The molecule has 1 aromatic carbocycles. The van der Waals surface area contributed by atoms with Crippen molar-refractivity contribution in [3.8, 4) is 0 Å². The molecule has 3 aromatic rings. The van der Waals surface area contributed by atoms with Crippen LogP contribution < -0.4 is 10.9 Å². The van der Waals surface area contributed by atoms with Crippen molar-refractivity contribution in [2.75, 3.05) is 5.32 Å². The van der Waals surface area contributed by atoms with Crippen molar-refractivity contribution in [1.82, 2.24) is 9.55 Å². The molecule has 0 spiro atoms. The summed E-state index contributed by atoms with van der Waals surface area (Å²) in [5.74, 6) is -0.282. The Morgan fingerprint density at radius 2 is 2.17 bits per heavy atom. The molecule has 0 bridgehead atoms. The number of anilines is 1. The van der Waals surface area contributed by atoms with E-state index >= 15 is 0 Å². The number of rotatable bonds is 4. The molecule has 0 fully saturated rings. The first-order valence-corrected chi connectivity index (χ1v) is 7.62. The van der Waals surface area contributed by atoms with Gasteiger partial charge in [-0.3, -0.25) is 9.59 Å². The maximum atomic E-state index is 12.3. The number of carbonyl (C=O) groups excluding carboxylic acids is 1. The van der Waals surface area contributed by atoms with Crippen LogP contribution in [0.15, 0.2) is 45.7 Å². The molecule has 3 rings (SSSR count). The van der Waals surface area contributed by atoms with Gasteiger partial charge in [0.2, 0.25) is 0 Å². The number of pyridine rings is 1. The summed E-state index contributed by atoms with van der Waals surface area (Å²) in [6, 6.07) is 8.08. The number of hydrogen-bond acceptors (Lipinski definition) is 4. The molecule has 0 aliphatic heterocycles. The number of H-pyrrole nitrogens is 1. The molecule has 0 saturated heterocycles. The number of hydrogen-bond donors (Lipinski definition) is 2. The Kier molecular flexibility index (Phi) is 4.12. The molecule has 0 unspecified atom stereocenters. The van der Waals surface area contributed by atoms with Crippen molar-refractivity contribution >= 4 is 34.9 Å². The molecule has 0 atom stereocenters. The lowest BCUT2D eigenvalue weighted by Gasteiger charge is -2.08. The molecule has 2 heterocycles. The smallest absolute Gasteiger partial charge is 0.266 e. The molecular formula is C16H15N3O3S. The maximum Gasteiger partial charge on any atom is 0.266 e. The van der Waals surface area contributed by atoms with Crippen LogP contribution in [0.1, 0.15) is 23.7 Å². The molecule has 6 nitrogen and oxygen atoms in total. The van der Waals surface area contributed by atoms with E-state index in [-0.39, 0.29) is 16.3 Å². The first-order chi connectivity index (χ1) is 11.1. The van der Waals surface area contributed by atoms with Crippen LogP contribution in [-0.4, -0.2) is 15.5 Å². The van der Waals surface area contributed by atoms with E-state index in [4.69, 9.17) is 16.6 Å². The topological polar surface area (TPSA) is 80.0 Å². The molecule has 1 amide bonds. The monoisotopic (exact) mass is 329 g/mol. The van der Waals surface area contributed by atoms with Gasteiger partial charge in [0.05, 0.1) is 11.2 Å². The normalized spacial score (nSPS) is 10.8. The Balaban J connectivity index is 1.86. The second kappa shape index (κ2) is 6.21. The van der Waals surface area contributed by atoms with Gasteiger partial charge >= 0.3 is 0 Å². The molecule has 118 valence electrons. The number of nitrogens with zero attached hydrogens (tertiary/aromatic N) is 1. The number of benzene rings is 1. The number of amides is 1. The van der Waals surface area contributed by atoms with Gasteiger partial charge in [-0.1, -0.05) is 6.92 Å². The lowest BCUT2D eigenvalue weighted by molar-refractivity contribution is 0.102. The van der Waals surface area contributed by atoms with Gasteiger partial charge in [-0.25, -0.2) is 0 Å². The first-order valence-electron chi connectivity index (χ1n) is 7.21. The predicted molar refractivity (Wildman–Crippen MR) is 90.3 cm³/mol. The number of aromatic nitrogens is 2. The van der Waals surface area contributed by atoms with Crippen LogP contribution in [0.4, 0.5) is 5.69 Å². The van der Waals surface area contributed by atoms with E-state index in [1.165, 1.54) is 6.07 Å². The molecule has 7 heteroatoms.